The van der Waals surface area contributed by atoms with Crippen molar-refractivity contribution in [3.05, 3.63) is 58.4 Å². The van der Waals surface area contributed by atoms with Crippen molar-refractivity contribution in [1.82, 2.24) is 0 Å². The minimum absolute atomic E-state index is 0.0327. The van der Waals surface area contributed by atoms with Crippen LogP contribution in [-0.2, 0) is 12.8 Å². The number of ether oxygens (including phenoxy) is 2. The van der Waals surface area contributed by atoms with E-state index in [9.17, 15) is 14.0 Å². The molecule has 0 spiro atoms. The van der Waals surface area contributed by atoms with E-state index < -0.39 is 0 Å². The summed E-state index contributed by atoms with van der Waals surface area (Å²) < 4.78 is 23.9. The van der Waals surface area contributed by atoms with E-state index in [1.54, 1.807) is 13.2 Å². The van der Waals surface area contributed by atoms with Crippen LogP contribution in [0.4, 0.5) is 4.39 Å². The Hall–Kier alpha value is -2.69. The number of hydrogen-bond donors (Lipinski definition) is 0. The molecule has 0 N–H and O–H groups in total. The minimum Gasteiger partial charge on any atom is -0.497 e. The molecule has 0 fully saturated rings. The molecule has 4 rings (SSSR count). The number of fused-ring (bicyclic) bond motifs is 2. The summed E-state index contributed by atoms with van der Waals surface area (Å²) in [6, 6.07) is 8.88. The fraction of sp³-hybridized carbons (Fsp3) is 0.417. The number of carbonyl (C=O) groups excluding carboxylic acids is 2. The van der Waals surface area contributed by atoms with Crippen molar-refractivity contribution in [2.45, 2.75) is 39.5 Å². The molecule has 0 bridgehead atoms. The molecule has 2 atom stereocenters. The second kappa shape index (κ2) is 8.76. The lowest BCUT2D eigenvalue weighted by Crippen LogP contribution is -2.19. The second-order valence-electron chi connectivity index (χ2n) is 8.00. The normalized spacial score (nSPS) is 20.2. The van der Waals surface area contributed by atoms with Crippen LogP contribution in [0.2, 0.25) is 0 Å². The summed E-state index contributed by atoms with van der Waals surface area (Å²) in [5.74, 6) is 1.65. The summed E-state index contributed by atoms with van der Waals surface area (Å²) in [6.07, 6.45) is 2.79. The van der Waals surface area contributed by atoms with Crippen molar-refractivity contribution in [2.24, 2.45) is 11.8 Å². The van der Waals surface area contributed by atoms with Crippen molar-refractivity contribution in [3.8, 4) is 11.5 Å². The third kappa shape index (κ3) is 4.50. The van der Waals surface area contributed by atoms with Crippen LogP contribution in [0.5, 0.6) is 11.5 Å². The van der Waals surface area contributed by atoms with Gasteiger partial charge in [0.1, 0.15) is 5.75 Å². The number of hydrogen-bond acceptors (Lipinski definition) is 4. The van der Waals surface area contributed by atoms with Crippen molar-refractivity contribution < 1.29 is 23.5 Å². The van der Waals surface area contributed by atoms with E-state index in [0.717, 1.165) is 23.3 Å². The number of benzene rings is 2. The number of carbonyl (C=O) groups is 2. The van der Waals surface area contributed by atoms with Gasteiger partial charge in [-0.1, -0.05) is 13.8 Å². The zero-order valence-corrected chi connectivity index (χ0v) is 17.4. The van der Waals surface area contributed by atoms with E-state index in [2.05, 4.69) is 6.92 Å². The SMILES string of the molecule is COc1ccc2c(c1)CC(C)CC2=O.COc1ccc2c(c1F)CC(C)CC2=O. The first-order chi connectivity index (χ1) is 13.8. The van der Waals surface area contributed by atoms with Gasteiger partial charge >= 0.3 is 0 Å². The summed E-state index contributed by atoms with van der Waals surface area (Å²) in [6.45, 7) is 4.07. The molecule has 2 aliphatic rings. The molecule has 0 aromatic heterocycles. The smallest absolute Gasteiger partial charge is 0.168 e. The van der Waals surface area contributed by atoms with Crippen LogP contribution < -0.4 is 9.47 Å². The Morgan fingerprint density at radius 2 is 1.45 bits per heavy atom. The van der Waals surface area contributed by atoms with Crippen LogP contribution in [-0.4, -0.2) is 25.8 Å². The van der Waals surface area contributed by atoms with Gasteiger partial charge in [-0.2, -0.15) is 0 Å². The van der Waals surface area contributed by atoms with Gasteiger partial charge in [0.25, 0.3) is 0 Å². The Morgan fingerprint density at radius 3 is 2.10 bits per heavy atom. The Labute approximate surface area is 171 Å². The van der Waals surface area contributed by atoms with E-state index in [-0.39, 0.29) is 29.1 Å². The molecule has 2 aromatic carbocycles. The number of halogens is 1. The number of methoxy groups -OCH3 is 2. The van der Waals surface area contributed by atoms with E-state index in [4.69, 9.17) is 9.47 Å². The van der Waals surface area contributed by atoms with Crippen LogP contribution in [0.3, 0.4) is 0 Å². The summed E-state index contributed by atoms with van der Waals surface area (Å²) >= 11 is 0. The topological polar surface area (TPSA) is 52.6 Å². The van der Waals surface area contributed by atoms with E-state index in [1.165, 1.54) is 13.2 Å². The fourth-order valence-corrected chi connectivity index (χ4v) is 4.08. The fourth-order valence-electron chi connectivity index (χ4n) is 4.08. The summed E-state index contributed by atoms with van der Waals surface area (Å²) in [4.78, 5) is 23.3. The molecule has 0 aliphatic heterocycles. The van der Waals surface area contributed by atoms with Gasteiger partial charge in [0.15, 0.2) is 23.1 Å². The molecule has 0 saturated heterocycles. The molecule has 2 aromatic rings. The summed E-state index contributed by atoms with van der Waals surface area (Å²) in [5, 5.41) is 0. The van der Waals surface area contributed by atoms with Crippen LogP contribution in [0.25, 0.3) is 0 Å². The highest BCUT2D eigenvalue weighted by atomic mass is 19.1. The predicted octanol–water partition coefficient (Wildman–Crippen LogP) is 5.06. The first-order valence-electron chi connectivity index (χ1n) is 9.92. The minimum atomic E-state index is -0.380. The van der Waals surface area contributed by atoms with Crippen LogP contribution >= 0.6 is 0 Å². The maximum absolute atomic E-state index is 13.8. The Balaban J connectivity index is 0.000000166. The first kappa shape index (κ1) is 21.0. The lowest BCUT2D eigenvalue weighted by atomic mass is 9.83. The molecular weight excluding hydrogens is 371 g/mol. The molecule has 4 nitrogen and oxygen atoms in total. The molecule has 0 heterocycles. The highest BCUT2D eigenvalue weighted by Crippen LogP contribution is 2.32. The average molecular weight is 398 g/mol. The van der Waals surface area contributed by atoms with Crippen molar-refractivity contribution in [2.75, 3.05) is 14.2 Å². The number of Topliss-reactive ketones (excluding diaryl/α,β-unsaturated/α-hetero) is 2. The van der Waals surface area contributed by atoms with Gasteiger partial charge in [0.05, 0.1) is 14.2 Å². The van der Waals surface area contributed by atoms with Crippen LogP contribution in [0, 0.1) is 17.7 Å². The Kier molecular flexibility index (Phi) is 6.36. The van der Waals surface area contributed by atoms with E-state index >= 15 is 0 Å². The molecule has 0 radical (unpaired) electrons. The van der Waals surface area contributed by atoms with Crippen molar-refractivity contribution in [1.29, 1.82) is 0 Å². The third-order valence-electron chi connectivity index (χ3n) is 5.53. The summed E-state index contributed by atoms with van der Waals surface area (Å²) in [7, 11) is 3.08. The van der Waals surface area contributed by atoms with Crippen LogP contribution in [0.15, 0.2) is 30.3 Å². The summed E-state index contributed by atoms with van der Waals surface area (Å²) in [5.41, 5.74) is 3.04. The van der Waals surface area contributed by atoms with Crippen LogP contribution in [0.1, 0.15) is 58.5 Å². The third-order valence-corrected chi connectivity index (χ3v) is 5.53. The lowest BCUT2D eigenvalue weighted by molar-refractivity contribution is 0.0944. The zero-order chi connectivity index (χ0) is 21.1. The lowest BCUT2D eigenvalue weighted by Gasteiger charge is -2.21. The van der Waals surface area contributed by atoms with Gasteiger partial charge in [0, 0.05) is 29.5 Å². The van der Waals surface area contributed by atoms with Gasteiger partial charge in [-0.25, -0.2) is 4.39 Å². The Bertz CT molecular complexity index is 935. The zero-order valence-electron chi connectivity index (χ0n) is 17.4. The molecular formula is C24H27FO4. The molecule has 2 aliphatic carbocycles. The molecule has 5 heteroatoms. The largest absolute Gasteiger partial charge is 0.497 e. The first-order valence-corrected chi connectivity index (χ1v) is 9.92. The molecule has 2 unspecified atom stereocenters. The predicted molar refractivity (Wildman–Crippen MR) is 110 cm³/mol. The molecule has 29 heavy (non-hydrogen) atoms. The average Bonchev–Trinajstić information content (AvgIpc) is 2.68. The maximum atomic E-state index is 13.8. The standard InChI is InChI=1S/C12H13FO2.C12H14O2/c1-7-5-9-8(10(14)6-7)3-4-11(15-2)12(9)13;1-8-5-9-7-10(14-2)3-4-11(9)12(13)6-8/h3-4,7H,5-6H2,1-2H3;3-4,7-8H,5-6H2,1-2H3. The quantitative estimate of drug-likeness (QED) is 0.710. The molecule has 0 saturated carbocycles. The number of rotatable bonds is 2. The molecule has 154 valence electrons. The van der Waals surface area contributed by atoms with Gasteiger partial charge in [0.2, 0.25) is 0 Å². The molecule has 0 amide bonds. The van der Waals surface area contributed by atoms with E-state index in [1.807, 2.05) is 25.1 Å². The van der Waals surface area contributed by atoms with Gasteiger partial charge in [-0.05, 0) is 60.6 Å². The number of ketones is 2. The van der Waals surface area contributed by atoms with Crippen molar-refractivity contribution >= 4 is 11.6 Å². The highest BCUT2D eigenvalue weighted by molar-refractivity contribution is 5.99. The van der Waals surface area contributed by atoms with Gasteiger partial charge in [-0.15, -0.1) is 0 Å². The van der Waals surface area contributed by atoms with Crippen molar-refractivity contribution in [3.63, 3.8) is 0 Å². The Morgan fingerprint density at radius 1 is 0.828 bits per heavy atom. The maximum Gasteiger partial charge on any atom is 0.168 e. The van der Waals surface area contributed by atoms with Gasteiger partial charge in [-0.3, -0.25) is 9.59 Å². The van der Waals surface area contributed by atoms with E-state index in [0.29, 0.717) is 36.3 Å². The van der Waals surface area contributed by atoms with Gasteiger partial charge < -0.3 is 9.47 Å². The second-order valence-corrected chi connectivity index (χ2v) is 8.00. The highest BCUT2D eigenvalue weighted by Gasteiger charge is 2.26. The monoisotopic (exact) mass is 398 g/mol.